The van der Waals surface area contributed by atoms with Crippen molar-refractivity contribution in [1.82, 2.24) is 9.88 Å². The van der Waals surface area contributed by atoms with Crippen LogP contribution in [0.4, 0.5) is 0 Å². The molecule has 2 heterocycles. The van der Waals surface area contributed by atoms with Crippen molar-refractivity contribution >= 4 is 65.7 Å². The van der Waals surface area contributed by atoms with Crippen LogP contribution >= 0.6 is 0 Å². The fourth-order valence-corrected chi connectivity index (χ4v) is 7.78. The summed E-state index contributed by atoms with van der Waals surface area (Å²) in [5.74, 6) is 0.873. The van der Waals surface area contributed by atoms with Gasteiger partial charge in [-0.3, -0.25) is 0 Å². The highest BCUT2D eigenvalue weighted by molar-refractivity contribution is 6.34. The van der Waals surface area contributed by atoms with E-state index in [0.717, 1.165) is 28.3 Å². The third-order valence-corrected chi connectivity index (χ3v) is 9.98. The van der Waals surface area contributed by atoms with Crippen LogP contribution in [-0.4, -0.2) is 10.4 Å². The van der Waals surface area contributed by atoms with Gasteiger partial charge < -0.3 is 9.88 Å². The fourth-order valence-electron chi connectivity index (χ4n) is 7.78. The van der Waals surface area contributed by atoms with Crippen LogP contribution in [0, 0.1) is 0 Å². The number of benzene rings is 8. The van der Waals surface area contributed by atoms with Gasteiger partial charge in [0, 0.05) is 38.4 Å². The highest BCUT2D eigenvalue weighted by Crippen LogP contribution is 2.44. The minimum atomic E-state index is -0.0138. The lowest BCUT2D eigenvalue weighted by Gasteiger charge is -2.24. The molecule has 9 aromatic rings. The van der Waals surface area contributed by atoms with Gasteiger partial charge in [0.2, 0.25) is 0 Å². The van der Waals surface area contributed by atoms with Gasteiger partial charge in [-0.05, 0) is 45.3 Å². The van der Waals surface area contributed by atoms with Gasteiger partial charge in [-0.2, -0.15) is 0 Å². The molecule has 8 aromatic carbocycles. The summed E-state index contributed by atoms with van der Waals surface area (Å²) < 4.78 is 2.50. The van der Waals surface area contributed by atoms with E-state index < -0.39 is 0 Å². The van der Waals surface area contributed by atoms with Gasteiger partial charge in [0.15, 0.2) is 0 Å². The number of nitrogens with zero attached hydrogens (tertiary/aromatic N) is 2. The summed E-state index contributed by atoms with van der Waals surface area (Å²) in [7, 11) is 0. The summed E-state index contributed by atoms with van der Waals surface area (Å²) >= 11 is 0. The van der Waals surface area contributed by atoms with Crippen LogP contribution in [0.1, 0.15) is 22.7 Å². The zero-order chi connectivity index (χ0) is 32.3. The van der Waals surface area contributed by atoms with Gasteiger partial charge in [-0.25, -0.2) is 4.99 Å². The Bertz CT molecular complexity index is 2790. The first-order chi connectivity index (χ1) is 24.3. The number of amidine groups is 1. The second kappa shape index (κ2) is 11.1. The maximum Gasteiger partial charge on any atom is 0.134 e. The summed E-state index contributed by atoms with van der Waals surface area (Å²) in [5.41, 5.74) is 7.86. The predicted octanol–water partition coefficient (Wildman–Crippen LogP) is 11.4. The second-order valence-electron chi connectivity index (χ2n) is 12.8. The Kier molecular flexibility index (Phi) is 6.25. The average Bonchev–Trinajstić information content (AvgIpc) is 3.55. The lowest BCUT2D eigenvalue weighted by Crippen LogP contribution is -2.31. The first-order valence-electron chi connectivity index (χ1n) is 16.9. The monoisotopic (exact) mass is 625 g/mol. The minimum absolute atomic E-state index is 0.0138. The molecule has 0 amide bonds. The third kappa shape index (κ3) is 4.40. The maximum absolute atomic E-state index is 5.24. The SMILES string of the molecule is C1=C(c2cccc(-n3c4c5ccccc5ccc4c4c5ccccc5c5ccccc5c43)c2)N=C(c2ccccc2)NC1c1ccccc1. The third-order valence-electron chi connectivity index (χ3n) is 9.98. The Morgan fingerprint density at radius 1 is 0.469 bits per heavy atom. The Morgan fingerprint density at radius 2 is 1.10 bits per heavy atom. The molecule has 1 N–H and O–H groups in total. The lowest BCUT2D eigenvalue weighted by molar-refractivity contribution is 0.781. The van der Waals surface area contributed by atoms with Crippen molar-refractivity contribution in [3.63, 3.8) is 0 Å². The molecule has 0 bridgehead atoms. The van der Waals surface area contributed by atoms with Gasteiger partial charge in [0.25, 0.3) is 0 Å². The molecule has 1 aliphatic heterocycles. The smallest absolute Gasteiger partial charge is 0.134 e. The van der Waals surface area contributed by atoms with Crippen LogP contribution in [0.5, 0.6) is 0 Å². The largest absolute Gasteiger partial charge is 0.359 e. The Balaban J connectivity index is 1.28. The number of nitrogens with one attached hydrogen (secondary N) is 1. The zero-order valence-corrected chi connectivity index (χ0v) is 26.7. The van der Waals surface area contributed by atoms with Crippen molar-refractivity contribution in [2.75, 3.05) is 0 Å². The molecule has 1 atom stereocenters. The predicted molar refractivity (Wildman–Crippen MR) is 207 cm³/mol. The second-order valence-corrected chi connectivity index (χ2v) is 12.8. The zero-order valence-electron chi connectivity index (χ0n) is 26.7. The molecular weight excluding hydrogens is 595 g/mol. The number of aliphatic imine (C=N–C) groups is 1. The summed E-state index contributed by atoms with van der Waals surface area (Å²) in [4.78, 5) is 5.24. The van der Waals surface area contributed by atoms with E-state index in [-0.39, 0.29) is 6.04 Å². The van der Waals surface area contributed by atoms with E-state index in [2.05, 4.69) is 180 Å². The van der Waals surface area contributed by atoms with E-state index in [4.69, 9.17) is 4.99 Å². The molecule has 1 aliphatic rings. The van der Waals surface area contributed by atoms with E-state index in [1.54, 1.807) is 0 Å². The van der Waals surface area contributed by atoms with Crippen LogP contribution in [0.15, 0.2) is 181 Å². The summed E-state index contributed by atoms with van der Waals surface area (Å²) in [6, 6.07) is 61.0. The number of rotatable bonds is 4. The van der Waals surface area contributed by atoms with Crippen LogP contribution in [0.3, 0.4) is 0 Å². The lowest BCUT2D eigenvalue weighted by atomic mass is 9.96. The van der Waals surface area contributed by atoms with E-state index in [9.17, 15) is 0 Å². The van der Waals surface area contributed by atoms with Crippen LogP contribution in [0.2, 0.25) is 0 Å². The molecule has 3 nitrogen and oxygen atoms in total. The molecule has 0 radical (unpaired) electrons. The van der Waals surface area contributed by atoms with Gasteiger partial charge >= 0.3 is 0 Å². The standard InChI is InChI=1S/C46H31N3/c1-3-15-31(16-4-1)41-29-42(48-46(47-41)32-17-5-2-6-18-32)33-19-13-20-34(28-33)49-44-35-21-8-7-14-30(35)26-27-40(44)43-38-24-11-9-22-36(38)37-23-10-12-25-39(37)45(43)49/h1-29,41H,(H,47,48). The Hall–Kier alpha value is -6.45. The average molecular weight is 626 g/mol. The molecule has 1 unspecified atom stereocenters. The van der Waals surface area contributed by atoms with E-state index in [1.165, 1.54) is 59.7 Å². The summed E-state index contributed by atoms with van der Waals surface area (Å²) in [5, 5.41) is 13.8. The van der Waals surface area contributed by atoms with Gasteiger partial charge in [0.05, 0.1) is 22.8 Å². The molecule has 0 aliphatic carbocycles. The van der Waals surface area contributed by atoms with Gasteiger partial charge in [-0.15, -0.1) is 0 Å². The van der Waals surface area contributed by atoms with Crippen LogP contribution in [0.25, 0.3) is 65.5 Å². The Morgan fingerprint density at radius 3 is 1.90 bits per heavy atom. The van der Waals surface area contributed by atoms with Crippen molar-refractivity contribution in [2.45, 2.75) is 6.04 Å². The van der Waals surface area contributed by atoms with Crippen LogP contribution < -0.4 is 5.32 Å². The number of hydrogen-bond donors (Lipinski definition) is 1. The molecule has 0 saturated carbocycles. The highest BCUT2D eigenvalue weighted by Gasteiger charge is 2.23. The first-order valence-corrected chi connectivity index (χ1v) is 16.9. The molecular formula is C46H31N3. The van der Waals surface area contributed by atoms with E-state index >= 15 is 0 Å². The maximum atomic E-state index is 5.24. The van der Waals surface area contributed by atoms with Crippen molar-refractivity contribution in [3.8, 4) is 5.69 Å². The Labute approximate surface area is 284 Å². The topological polar surface area (TPSA) is 29.3 Å². The van der Waals surface area contributed by atoms with Crippen molar-refractivity contribution in [3.05, 3.63) is 193 Å². The fraction of sp³-hybridized carbons (Fsp3) is 0.0217. The number of fused-ring (bicyclic) bond motifs is 10. The number of hydrogen-bond acceptors (Lipinski definition) is 2. The molecule has 1 aromatic heterocycles. The van der Waals surface area contributed by atoms with E-state index in [0.29, 0.717) is 0 Å². The van der Waals surface area contributed by atoms with Crippen molar-refractivity contribution < 1.29 is 0 Å². The van der Waals surface area contributed by atoms with Gasteiger partial charge in [-0.1, -0.05) is 158 Å². The summed E-state index contributed by atoms with van der Waals surface area (Å²) in [6.07, 6.45) is 2.26. The highest BCUT2D eigenvalue weighted by atomic mass is 15.1. The molecule has 49 heavy (non-hydrogen) atoms. The molecule has 0 fully saturated rings. The van der Waals surface area contributed by atoms with E-state index in [1.807, 2.05) is 6.07 Å². The molecule has 3 heteroatoms. The minimum Gasteiger partial charge on any atom is -0.359 e. The quantitative estimate of drug-likeness (QED) is 0.194. The first kappa shape index (κ1) is 27.6. The molecule has 0 spiro atoms. The molecule has 230 valence electrons. The summed E-state index contributed by atoms with van der Waals surface area (Å²) in [6.45, 7) is 0. The van der Waals surface area contributed by atoms with Crippen LogP contribution in [-0.2, 0) is 0 Å². The number of aromatic nitrogens is 1. The molecule has 10 rings (SSSR count). The van der Waals surface area contributed by atoms with Crippen molar-refractivity contribution in [2.24, 2.45) is 4.99 Å². The molecule has 0 saturated heterocycles. The van der Waals surface area contributed by atoms with Crippen molar-refractivity contribution in [1.29, 1.82) is 0 Å². The van der Waals surface area contributed by atoms with Gasteiger partial charge in [0.1, 0.15) is 5.84 Å². The normalized spacial score (nSPS) is 14.7.